The van der Waals surface area contributed by atoms with Crippen LogP contribution in [-0.2, 0) is 11.2 Å². The Hall–Kier alpha value is -1.55. The molecule has 0 saturated heterocycles. The smallest absolute Gasteiger partial charge is 0.319 e. The van der Waals surface area contributed by atoms with Crippen LogP contribution in [0.15, 0.2) is 36.5 Å². The van der Waals surface area contributed by atoms with E-state index in [2.05, 4.69) is 17.6 Å². The lowest BCUT2D eigenvalue weighted by atomic mass is 10.00. The molecule has 0 saturated carbocycles. The molecular formula is C13H13NO2S. The number of nitrogens with zero attached hydrogens (tertiary/aromatic N) is 1. The van der Waals surface area contributed by atoms with Gasteiger partial charge >= 0.3 is 5.97 Å². The molecule has 0 fully saturated rings. The van der Waals surface area contributed by atoms with Gasteiger partial charge in [-0.05, 0) is 18.4 Å². The maximum atomic E-state index is 11.1. The lowest BCUT2D eigenvalue weighted by Crippen LogP contribution is -2.31. The third-order valence-corrected chi connectivity index (χ3v) is 3.08. The molecule has 17 heavy (non-hydrogen) atoms. The van der Waals surface area contributed by atoms with E-state index in [1.54, 1.807) is 13.1 Å². The molecule has 0 spiro atoms. The quantitative estimate of drug-likeness (QED) is 0.819. The number of benzene rings is 1. The van der Waals surface area contributed by atoms with Crippen LogP contribution in [0, 0.1) is 0 Å². The van der Waals surface area contributed by atoms with E-state index in [0.717, 1.165) is 16.5 Å². The van der Waals surface area contributed by atoms with E-state index in [1.165, 1.54) is 0 Å². The van der Waals surface area contributed by atoms with Crippen molar-refractivity contribution >= 4 is 29.4 Å². The number of pyridine rings is 1. The van der Waals surface area contributed by atoms with Crippen molar-refractivity contribution in [2.45, 2.75) is 18.1 Å². The normalized spacial score (nSPS) is 14.5. The number of hydrogen-bond acceptors (Lipinski definition) is 3. The van der Waals surface area contributed by atoms with Gasteiger partial charge in [-0.3, -0.25) is 9.78 Å². The Morgan fingerprint density at radius 1 is 1.41 bits per heavy atom. The van der Waals surface area contributed by atoms with Crippen LogP contribution >= 0.6 is 12.6 Å². The van der Waals surface area contributed by atoms with Crippen molar-refractivity contribution in [2.24, 2.45) is 0 Å². The van der Waals surface area contributed by atoms with Gasteiger partial charge < -0.3 is 5.11 Å². The molecule has 1 atom stereocenters. The SMILES string of the molecule is C[C@](S)(Cc1nccc2ccccc12)C(=O)O. The zero-order valence-corrected chi connectivity index (χ0v) is 10.3. The Balaban J connectivity index is 2.46. The van der Waals surface area contributed by atoms with Gasteiger partial charge in [0.25, 0.3) is 0 Å². The van der Waals surface area contributed by atoms with Crippen molar-refractivity contribution in [3.63, 3.8) is 0 Å². The summed E-state index contributed by atoms with van der Waals surface area (Å²) >= 11 is 4.18. The van der Waals surface area contributed by atoms with Gasteiger partial charge in [0.1, 0.15) is 4.75 Å². The first-order valence-corrected chi connectivity index (χ1v) is 5.74. The minimum Gasteiger partial charge on any atom is -0.480 e. The predicted molar refractivity (Wildman–Crippen MR) is 70.5 cm³/mol. The number of thiol groups is 1. The van der Waals surface area contributed by atoms with E-state index in [1.807, 2.05) is 30.3 Å². The van der Waals surface area contributed by atoms with Crippen molar-refractivity contribution in [1.82, 2.24) is 4.98 Å². The molecule has 1 aromatic carbocycles. The molecule has 0 bridgehead atoms. The van der Waals surface area contributed by atoms with Gasteiger partial charge in [0.05, 0.1) is 5.69 Å². The summed E-state index contributed by atoms with van der Waals surface area (Å²) in [6.45, 7) is 1.59. The molecule has 0 aliphatic carbocycles. The minimum atomic E-state index is -1.10. The number of fused-ring (bicyclic) bond motifs is 1. The molecular weight excluding hydrogens is 234 g/mol. The third-order valence-electron chi connectivity index (χ3n) is 2.73. The maximum Gasteiger partial charge on any atom is 0.319 e. The standard InChI is InChI=1S/C13H13NO2S/c1-13(17,12(15)16)8-11-10-5-3-2-4-9(10)6-7-14-11/h2-7,17H,8H2,1H3,(H,15,16)/t13-/m0/s1. The second kappa shape index (κ2) is 4.37. The van der Waals surface area contributed by atoms with Gasteiger partial charge in [0.2, 0.25) is 0 Å². The first-order valence-electron chi connectivity index (χ1n) is 5.29. The highest BCUT2D eigenvalue weighted by atomic mass is 32.1. The second-order valence-corrected chi connectivity index (χ2v) is 5.22. The first-order chi connectivity index (χ1) is 8.00. The molecule has 2 aromatic rings. The zero-order chi connectivity index (χ0) is 12.5. The Kier molecular flexibility index (Phi) is 3.07. The molecule has 2 rings (SSSR count). The van der Waals surface area contributed by atoms with Crippen LogP contribution in [0.1, 0.15) is 12.6 Å². The van der Waals surface area contributed by atoms with Gasteiger partial charge in [-0.1, -0.05) is 24.3 Å². The van der Waals surface area contributed by atoms with Gasteiger partial charge in [-0.15, -0.1) is 0 Å². The van der Waals surface area contributed by atoms with Crippen molar-refractivity contribution in [2.75, 3.05) is 0 Å². The van der Waals surface area contributed by atoms with E-state index in [9.17, 15) is 4.79 Å². The Bertz CT molecular complexity index is 561. The summed E-state index contributed by atoms with van der Waals surface area (Å²) in [6.07, 6.45) is 2.00. The van der Waals surface area contributed by atoms with E-state index in [4.69, 9.17) is 5.11 Å². The molecule has 3 nitrogen and oxygen atoms in total. The van der Waals surface area contributed by atoms with E-state index in [0.29, 0.717) is 6.42 Å². The minimum absolute atomic E-state index is 0.298. The van der Waals surface area contributed by atoms with Gasteiger partial charge in [-0.25, -0.2) is 0 Å². The van der Waals surface area contributed by atoms with E-state index < -0.39 is 10.7 Å². The summed E-state index contributed by atoms with van der Waals surface area (Å²) in [5.74, 6) is -0.935. The highest BCUT2D eigenvalue weighted by molar-refractivity contribution is 7.82. The number of hydrogen-bond donors (Lipinski definition) is 2. The fourth-order valence-corrected chi connectivity index (χ4v) is 1.87. The Morgan fingerprint density at radius 3 is 2.82 bits per heavy atom. The lowest BCUT2D eigenvalue weighted by molar-refractivity contribution is -0.139. The molecule has 0 aliphatic rings. The molecule has 1 heterocycles. The summed E-state index contributed by atoms with van der Waals surface area (Å²) in [5.41, 5.74) is 0.767. The van der Waals surface area contributed by atoms with Crippen LogP contribution in [-0.4, -0.2) is 20.8 Å². The summed E-state index contributed by atoms with van der Waals surface area (Å²) in [7, 11) is 0. The molecule has 0 unspecified atom stereocenters. The van der Waals surface area contributed by atoms with Gasteiger partial charge in [0.15, 0.2) is 0 Å². The summed E-state index contributed by atoms with van der Waals surface area (Å²) < 4.78 is -1.10. The molecule has 0 radical (unpaired) electrons. The number of aliphatic carboxylic acids is 1. The number of carboxylic acids is 1. The first kappa shape index (κ1) is 11.9. The van der Waals surface area contributed by atoms with Crippen LogP contribution in [0.2, 0.25) is 0 Å². The monoisotopic (exact) mass is 247 g/mol. The number of aromatic nitrogens is 1. The van der Waals surface area contributed by atoms with E-state index >= 15 is 0 Å². The predicted octanol–water partition coefficient (Wildman–Crippen LogP) is 2.55. The lowest BCUT2D eigenvalue weighted by Gasteiger charge is -2.18. The molecule has 1 N–H and O–H groups in total. The fraction of sp³-hybridized carbons (Fsp3) is 0.231. The number of carbonyl (C=O) groups is 1. The average Bonchev–Trinajstić information content (AvgIpc) is 2.29. The maximum absolute atomic E-state index is 11.1. The van der Waals surface area contributed by atoms with Gasteiger partial charge in [0, 0.05) is 18.0 Å². The molecule has 0 aliphatic heterocycles. The average molecular weight is 247 g/mol. The van der Waals surface area contributed by atoms with Crippen LogP contribution in [0.3, 0.4) is 0 Å². The van der Waals surface area contributed by atoms with Crippen molar-refractivity contribution in [3.8, 4) is 0 Å². The fourth-order valence-electron chi connectivity index (χ4n) is 1.72. The Labute approximate surface area is 105 Å². The second-order valence-electron chi connectivity index (χ2n) is 4.23. The number of carboxylic acid groups (broad SMARTS) is 1. The zero-order valence-electron chi connectivity index (χ0n) is 9.42. The largest absolute Gasteiger partial charge is 0.480 e. The van der Waals surface area contributed by atoms with Crippen molar-refractivity contribution in [3.05, 3.63) is 42.2 Å². The third kappa shape index (κ3) is 2.42. The number of rotatable bonds is 3. The van der Waals surface area contributed by atoms with Crippen LogP contribution in [0.5, 0.6) is 0 Å². The summed E-state index contributed by atoms with van der Waals surface area (Å²) in [5, 5.41) is 11.1. The molecule has 88 valence electrons. The Morgan fingerprint density at radius 2 is 2.12 bits per heavy atom. The summed E-state index contributed by atoms with van der Waals surface area (Å²) in [6, 6.07) is 9.71. The topological polar surface area (TPSA) is 50.2 Å². The molecule has 4 heteroatoms. The van der Waals surface area contributed by atoms with Crippen molar-refractivity contribution < 1.29 is 9.90 Å². The van der Waals surface area contributed by atoms with Crippen LogP contribution < -0.4 is 0 Å². The van der Waals surface area contributed by atoms with E-state index in [-0.39, 0.29) is 0 Å². The molecule has 1 aromatic heterocycles. The summed E-state index contributed by atoms with van der Waals surface area (Å²) in [4.78, 5) is 15.3. The van der Waals surface area contributed by atoms with Gasteiger partial charge in [-0.2, -0.15) is 12.6 Å². The van der Waals surface area contributed by atoms with Crippen LogP contribution in [0.25, 0.3) is 10.8 Å². The van der Waals surface area contributed by atoms with Crippen molar-refractivity contribution in [1.29, 1.82) is 0 Å². The highest BCUT2D eigenvalue weighted by Crippen LogP contribution is 2.24. The molecule has 0 amide bonds. The highest BCUT2D eigenvalue weighted by Gasteiger charge is 2.29. The van der Waals surface area contributed by atoms with Crippen LogP contribution in [0.4, 0.5) is 0 Å².